The fourth-order valence-corrected chi connectivity index (χ4v) is 6.13. The molecule has 0 unspecified atom stereocenters. The van der Waals surface area contributed by atoms with Gasteiger partial charge in [-0.3, -0.25) is 14.5 Å². The number of nitrogens with one attached hydrogen (secondary N) is 1. The van der Waals surface area contributed by atoms with Crippen LogP contribution in [0.4, 0.5) is 0 Å². The van der Waals surface area contributed by atoms with Gasteiger partial charge in [-0.15, -0.1) is 23.1 Å². The second-order valence-electron chi connectivity index (χ2n) is 8.27. The van der Waals surface area contributed by atoms with Gasteiger partial charge in [0.1, 0.15) is 23.9 Å². The summed E-state index contributed by atoms with van der Waals surface area (Å²) in [5.74, 6) is 0.161. The summed E-state index contributed by atoms with van der Waals surface area (Å²) in [6.45, 7) is 8.44. The van der Waals surface area contributed by atoms with Crippen molar-refractivity contribution in [2.45, 2.75) is 37.6 Å². The molecule has 2 fully saturated rings. The Morgan fingerprint density at radius 2 is 2.17 bits per heavy atom. The lowest BCUT2D eigenvalue weighted by atomic mass is 10.0. The van der Waals surface area contributed by atoms with Gasteiger partial charge in [0.2, 0.25) is 5.91 Å². The quantitative estimate of drug-likeness (QED) is 0.176. The molecule has 0 bridgehead atoms. The van der Waals surface area contributed by atoms with Crippen LogP contribution in [0.1, 0.15) is 24.6 Å². The van der Waals surface area contributed by atoms with Crippen LogP contribution in [0.25, 0.3) is 0 Å². The number of esters is 1. The van der Waals surface area contributed by atoms with E-state index in [-0.39, 0.29) is 35.9 Å². The molecule has 9 nitrogen and oxygen atoms in total. The lowest BCUT2D eigenvalue weighted by molar-refractivity contribution is -0.152. The average molecular weight is 519 g/mol. The SMILES string of the molecule is C=CCOC(=O)C1=C(N=C(CCC)N2CCOCC2)CS[C@H]2[C@H](NC(=O)Cc3cccs3)C(=O)N12. The molecule has 3 aliphatic heterocycles. The van der Waals surface area contributed by atoms with Gasteiger partial charge in [-0.25, -0.2) is 9.79 Å². The van der Waals surface area contributed by atoms with E-state index in [2.05, 4.69) is 23.7 Å². The van der Waals surface area contributed by atoms with Gasteiger partial charge in [-0.2, -0.15) is 0 Å². The van der Waals surface area contributed by atoms with E-state index in [1.165, 1.54) is 34.1 Å². The summed E-state index contributed by atoms with van der Waals surface area (Å²) in [5.41, 5.74) is 0.679. The number of nitrogens with zero attached hydrogens (tertiary/aromatic N) is 3. The van der Waals surface area contributed by atoms with Crippen LogP contribution in [-0.4, -0.2) is 83.5 Å². The zero-order valence-electron chi connectivity index (χ0n) is 19.7. The molecule has 1 aromatic heterocycles. The van der Waals surface area contributed by atoms with E-state index < -0.39 is 12.0 Å². The summed E-state index contributed by atoms with van der Waals surface area (Å²) < 4.78 is 10.8. The van der Waals surface area contributed by atoms with Crippen molar-refractivity contribution < 1.29 is 23.9 Å². The molecule has 4 heterocycles. The minimum absolute atomic E-state index is 0.0332. The fourth-order valence-electron chi connectivity index (χ4n) is 4.16. The van der Waals surface area contributed by atoms with Crippen molar-refractivity contribution in [1.82, 2.24) is 15.1 Å². The van der Waals surface area contributed by atoms with Crippen molar-refractivity contribution in [2.24, 2.45) is 4.99 Å². The van der Waals surface area contributed by atoms with Crippen molar-refractivity contribution in [3.05, 3.63) is 46.4 Å². The van der Waals surface area contributed by atoms with Crippen molar-refractivity contribution in [2.75, 3.05) is 38.7 Å². The molecule has 3 aliphatic rings. The number of rotatable bonds is 9. The number of hydrogen-bond donors (Lipinski definition) is 1. The molecule has 0 aliphatic carbocycles. The number of hydrogen-bond acceptors (Lipinski definition) is 8. The number of amides is 2. The van der Waals surface area contributed by atoms with E-state index in [0.29, 0.717) is 24.7 Å². The summed E-state index contributed by atoms with van der Waals surface area (Å²) in [4.78, 5) is 48.1. The zero-order chi connectivity index (χ0) is 24.8. The van der Waals surface area contributed by atoms with E-state index in [1.54, 1.807) is 0 Å². The van der Waals surface area contributed by atoms with E-state index in [9.17, 15) is 14.4 Å². The van der Waals surface area contributed by atoms with Gasteiger partial charge >= 0.3 is 5.97 Å². The molecule has 188 valence electrons. The maximum atomic E-state index is 13.1. The molecule has 1 aromatic rings. The van der Waals surface area contributed by atoms with E-state index in [4.69, 9.17) is 14.5 Å². The maximum absolute atomic E-state index is 13.1. The van der Waals surface area contributed by atoms with Crippen molar-refractivity contribution in [3.8, 4) is 0 Å². The first kappa shape index (κ1) is 25.5. The number of β-lactam (4-membered cyclic amide) rings is 1. The number of amidine groups is 1. The number of carbonyl (C=O) groups is 3. The Labute approximate surface area is 213 Å². The highest BCUT2D eigenvalue weighted by Gasteiger charge is 2.54. The summed E-state index contributed by atoms with van der Waals surface area (Å²) in [6, 6.07) is 3.09. The largest absolute Gasteiger partial charge is 0.457 e. The van der Waals surface area contributed by atoms with Gasteiger partial charge in [0.25, 0.3) is 5.91 Å². The molecule has 11 heteroatoms. The normalized spacial score (nSPS) is 22.4. The Balaban J connectivity index is 1.57. The fraction of sp³-hybridized carbons (Fsp3) is 0.500. The summed E-state index contributed by atoms with van der Waals surface area (Å²) in [5, 5.41) is 4.37. The molecular weight excluding hydrogens is 488 g/mol. The molecule has 1 N–H and O–H groups in total. The van der Waals surface area contributed by atoms with Crippen LogP contribution in [0, 0.1) is 0 Å². The Hall–Kier alpha value is -2.63. The zero-order valence-corrected chi connectivity index (χ0v) is 21.4. The first-order chi connectivity index (χ1) is 17.0. The number of aliphatic imine (C=N–C) groups is 1. The monoisotopic (exact) mass is 518 g/mol. The molecule has 0 spiro atoms. The third-order valence-electron chi connectivity index (χ3n) is 5.82. The number of thioether (sulfide) groups is 1. The second-order valence-corrected chi connectivity index (χ2v) is 10.4. The lowest BCUT2D eigenvalue weighted by Crippen LogP contribution is -2.70. The average Bonchev–Trinajstić information content (AvgIpc) is 3.38. The van der Waals surface area contributed by atoms with Crippen LogP contribution in [0.15, 0.2) is 46.6 Å². The van der Waals surface area contributed by atoms with Crippen molar-refractivity contribution in [3.63, 3.8) is 0 Å². The third kappa shape index (κ3) is 5.79. The molecule has 0 saturated carbocycles. The molecular formula is C24H30N4O5S2. The maximum Gasteiger partial charge on any atom is 0.357 e. The third-order valence-corrected chi connectivity index (χ3v) is 7.96. The van der Waals surface area contributed by atoms with E-state index >= 15 is 0 Å². The van der Waals surface area contributed by atoms with Crippen LogP contribution < -0.4 is 5.32 Å². The lowest BCUT2D eigenvalue weighted by Gasteiger charge is -2.49. The number of fused-ring (bicyclic) bond motifs is 1. The van der Waals surface area contributed by atoms with Gasteiger partial charge in [0, 0.05) is 30.1 Å². The van der Waals surface area contributed by atoms with Gasteiger partial charge in [0.05, 0.1) is 25.3 Å². The van der Waals surface area contributed by atoms with Gasteiger partial charge < -0.3 is 19.7 Å². The first-order valence-electron chi connectivity index (χ1n) is 11.7. The van der Waals surface area contributed by atoms with Gasteiger partial charge in [-0.05, 0) is 17.9 Å². The molecule has 0 radical (unpaired) electrons. The topological polar surface area (TPSA) is 101 Å². The van der Waals surface area contributed by atoms with Crippen molar-refractivity contribution in [1.29, 1.82) is 0 Å². The highest BCUT2D eigenvalue weighted by atomic mass is 32.2. The number of thiophene rings is 1. The Morgan fingerprint density at radius 1 is 1.37 bits per heavy atom. The molecule has 2 amide bonds. The van der Waals surface area contributed by atoms with Gasteiger partial charge in [-0.1, -0.05) is 25.6 Å². The van der Waals surface area contributed by atoms with Crippen LogP contribution >= 0.6 is 23.1 Å². The Kier molecular flexibility index (Phi) is 8.64. The predicted molar refractivity (Wildman–Crippen MR) is 136 cm³/mol. The summed E-state index contributed by atoms with van der Waals surface area (Å²) >= 11 is 2.99. The number of ether oxygens (including phenoxy) is 2. The Bertz CT molecular complexity index is 1020. The standard InChI is InChI=1S/C24H30N4O5S2/c1-3-6-18(27-8-11-32-12-9-27)25-17-15-35-23-20(26-19(29)14-16-7-5-13-34-16)22(30)28(23)21(17)24(31)33-10-4-2/h4-5,7,13,20,23H,2-3,6,8-12,14-15H2,1H3,(H,26,29)/t20-,23+/m1/s1. The molecule has 4 rings (SSSR count). The van der Waals surface area contributed by atoms with Gasteiger partial charge in [0.15, 0.2) is 5.70 Å². The molecule has 2 atom stereocenters. The summed E-state index contributed by atoms with van der Waals surface area (Å²) in [6.07, 6.45) is 3.36. The van der Waals surface area contributed by atoms with Crippen LogP contribution in [0.2, 0.25) is 0 Å². The van der Waals surface area contributed by atoms with Crippen molar-refractivity contribution >= 4 is 46.7 Å². The molecule has 0 aromatic carbocycles. The smallest absolute Gasteiger partial charge is 0.357 e. The first-order valence-corrected chi connectivity index (χ1v) is 13.6. The molecule has 2 saturated heterocycles. The summed E-state index contributed by atoms with van der Waals surface area (Å²) in [7, 11) is 0. The second kappa shape index (κ2) is 11.9. The van der Waals surface area contributed by atoms with Crippen LogP contribution in [0.5, 0.6) is 0 Å². The highest BCUT2D eigenvalue weighted by molar-refractivity contribution is 8.00. The van der Waals surface area contributed by atoms with E-state index in [1.807, 2.05) is 17.5 Å². The van der Waals surface area contributed by atoms with E-state index in [0.717, 1.165) is 36.6 Å². The predicted octanol–water partition coefficient (Wildman–Crippen LogP) is 2.16. The molecule has 35 heavy (non-hydrogen) atoms. The highest BCUT2D eigenvalue weighted by Crippen LogP contribution is 2.41. The number of carbonyl (C=O) groups excluding carboxylic acids is 3. The minimum atomic E-state index is -0.686. The van der Waals surface area contributed by atoms with Crippen LogP contribution in [0.3, 0.4) is 0 Å². The van der Waals surface area contributed by atoms with Crippen LogP contribution in [-0.2, 0) is 30.3 Å². The Morgan fingerprint density at radius 3 is 2.86 bits per heavy atom. The minimum Gasteiger partial charge on any atom is -0.457 e. The number of morpholine rings is 1.